The van der Waals surface area contributed by atoms with Gasteiger partial charge in [-0.25, -0.2) is 0 Å². The third kappa shape index (κ3) is 6.27. The maximum absolute atomic E-state index is 11.8. The first-order chi connectivity index (χ1) is 6.89. The molecule has 0 saturated carbocycles. The van der Waals surface area contributed by atoms with Crippen LogP contribution in [0, 0.1) is 0 Å². The predicted molar refractivity (Wildman–Crippen MR) is 51.9 cm³/mol. The zero-order valence-corrected chi connectivity index (χ0v) is 11.3. The van der Waals surface area contributed by atoms with Crippen LogP contribution in [0.5, 0.6) is 0 Å². The smallest absolute Gasteiger partial charge is 0.400 e. The molecule has 0 aromatic carbocycles. The van der Waals surface area contributed by atoms with Crippen LogP contribution in [0.2, 0.25) is 6.04 Å². The zero-order chi connectivity index (χ0) is 11.9. The van der Waals surface area contributed by atoms with Crippen molar-refractivity contribution in [3.63, 3.8) is 0 Å². The van der Waals surface area contributed by atoms with E-state index < -0.39 is 31.4 Å². The summed E-state index contributed by atoms with van der Waals surface area (Å²) in [5, 5.41) is 0. The highest BCUT2D eigenvalue weighted by Crippen LogP contribution is 2.21. The van der Waals surface area contributed by atoms with E-state index in [9.17, 15) is 13.2 Å². The van der Waals surface area contributed by atoms with E-state index in [1.807, 2.05) is 0 Å². The number of hydrogen-bond acceptors (Lipinski definition) is 4. The first kappa shape index (κ1) is 15.1. The number of halogens is 3. The minimum atomic E-state index is -4.13. The Balaban J connectivity index is 3.82. The molecular weight excluding hydrogens is 249 g/mol. The molecule has 0 radical (unpaired) electrons. The third-order valence-corrected chi connectivity index (χ3v) is 6.01. The SMILES string of the molecule is CO[Si](OC)(OC)O[SiH2]CCC(F)(F)F. The normalized spacial score (nSPS) is 14.0. The van der Waals surface area contributed by atoms with Gasteiger partial charge in [-0.2, -0.15) is 13.2 Å². The lowest BCUT2D eigenvalue weighted by Gasteiger charge is -2.23. The first-order valence-electron chi connectivity index (χ1n) is 4.25. The predicted octanol–water partition coefficient (Wildman–Crippen LogP) is 0.832. The molecule has 0 aliphatic heterocycles. The highest BCUT2D eigenvalue weighted by atomic mass is 28.4. The van der Waals surface area contributed by atoms with Crippen molar-refractivity contribution < 1.29 is 30.6 Å². The van der Waals surface area contributed by atoms with Crippen LogP contribution in [0.4, 0.5) is 13.2 Å². The molecule has 0 saturated heterocycles. The van der Waals surface area contributed by atoms with E-state index >= 15 is 0 Å². The Hall–Kier alpha value is 0.0638. The molecule has 0 aliphatic carbocycles. The van der Waals surface area contributed by atoms with Crippen LogP contribution >= 0.6 is 0 Å². The second-order valence-corrected chi connectivity index (χ2v) is 7.17. The van der Waals surface area contributed by atoms with Gasteiger partial charge >= 0.3 is 15.2 Å². The van der Waals surface area contributed by atoms with Crippen LogP contribution in [-0.4, -0.2) is 46.3 Å². The molecule has 0 aromatic rings. The average molecular weight is 264 g/mol. The lowest BCUT2D eigenvalue weighted by atomic mass is 10.5. The average Bonchev–Trinajstić information content (AvgIpc) is 2.18. The molecule has 0 unspecified atom stereocenters. The van der Waals surface area contributed by atoms with E-state index in [1.165, 1.54) is 21.3 Å². The Morgan fingerprint density at radius 2 is 1.53 bits per heavy atom. The summed E-state index contributed by atoms with van der Waals surface area (Å²) < 4.78 is 55.3. The molecule has 0 atom stereocenters. The van der Waals surface area contributed by atoms with Crippen molar-refractivity contribution in [3.8, 4) is 0 Å². The monoisotopic (exact) mass is 264 g/mol. The Kier molecular flexibility index (Phi) is 6.63. The molecule has 0 N–H and O–H groups in total. The third-order valence-electron chi connectivity index (χ3n) is 1.63. The van der Waals surface area contributed by atoms with Crippen molar-refractivity contribution in [2.75, 3.05) is 21.3 Å². The summed E-state index contributed by atoms with van der Waals surface area (Å²) in [4.78, 5) is 0. The maximum atomic E-state index is 11.8. The van der Waals surface area contributed by atoms with Crippen LogP contribution in [0.1, 0.15) is 6.42 Å². The molecule has 0 spiro atoms. The van der Waals surface area contributed by atoms with Gasteiger partial charge in [0.05, 0.1) is 0 Å². The lowest BCUT2D eigenvalue weighted by molar-refractivity contribution is -0.130. The van der Waals surface area contributed by atoms with Gasteiger partial charge in [0.25, 0.3) is 0 Å². The second kappa shape index (κ2) is 6.60. The van der Waals surface area contributed by atoms with Crippen LogP contribution in [-0.2, 0) is 17.4 Å². The Morgan fingerprint density at radius 3 is 1.87 bits per heavy atom. The molecule has 0 aromatic heterocycles. The molecule has 9 heteroatoms. The molecule has 0 rings (SSSR count). The van der Waals surface area contributed by atoms with Crippen molar-refractivity contribution in [1.29, 1.82) is 0 Å². The fraction of sp³-hybridized carbons (Fsp3) is 1.00. The summed E-state index contributed by atoms with van der Waals surface area (Å²) >= 11 is 0. The molecule has 0 heterocycles. The molecule has 0 fully saturated rings. The van der Waals surface area contributed by atoms with Crippen LogP contribution in [0.15, 0.2) is 0 Å². The largest absolute Gasteiger partial charge is 0.667 e. The summed E-state index contributed by atoms with van der Waals surface area (Å²) in [5.74, 6) is 0. The quantitative estimate of drug-likeness (QED) is 0.504. The fourth-order valence-electron chi connectivity index (χ4n) is 0.897. The summed E-state index contributed by atoms with van der Waals surface area (Å²) in [5.41, 5.74) is 0. The van der Waals surface area contributed by atoms with Crippen molar-refractivity contribution >= 4 is 18.8 Å². The highest BCUT2D eigenvalue weighted by Gasteiger charge is 2.41. The zero-order valence-electron chi connectivity index (χ0n) is 8.89. The highest BCUT2D eigenvalue weighted by molar-refractivity contribution is 6.60. The fourth-order valence-corrected chi connectivity index (χ4v) is 4.93. The van der Waals surface area contributed by atoms with E-state index in [1.54, 1.807) is 0 Å². The van der Waals surface area contributed by atoms with E-state index in [0.29, 0.717) is 0 Å². The number of hydrogen-bond donors (Lipinski definition) is 0. The molecular formula is C6H15F3O4Si2. The van der Waals surface area contributed by atoms with Gasteiger partial charge in [0.1, 0.15) is 0 Å². The van der Waals surface area contributed by atoms with Crippen molar-refractivity contribution in [2.24, 2.45) is 0 Å². The van der Waals surface area contributed by atoms with E-state index in [4.69, 9.17) is 17.4 Å². The summed E-state index contributed by atoms with van der Waals surface area (Å²) in [7, 11) is -0.424. The van der Waals surface area contributed by atoms with Crippen LogP contribution in [0.25, 0.3) is 0 Å². The molecule has 92 valence electrons. The van der Waals surface area contributed by atoms with Crippen LogP contribution in [0.3, 0.4) is 0 Å². The maximum Gasteiger partial charge on any atom is 0.667 e. The molecule has 0 bridgehead atoms. The Bertz CT molecular complexity index is 166. The lowest BCUT2D eigenvalue weighted by Crippen LogP contribution is -2.47. The minimum Gasteiger partial charge on any atom is -0.400 e. The van der Waals surface area contributed by atoms with Crippen LogP contribution < -0.4 is 0 Å². The Labute approximate surface area is 90.1 Å². The van der Waals surface area contributed by atoms with Gasteiger partial charge in [0, 0.05) is 27.8 Å². The first-order valence-corrected chi connectivity index (χ1v) is 7.46. The standard InChI is InChI=1S/C6H15F3O4Si2/c1-10-15(11-2,12-3)13-14-5-4-6(7,8)9/h4-5,14H2,1-3H3. The number of alkyl halides is 3. The Morgan fingerprint density at radius 1 is 1.07 bits per heavy atom. The summed E-state index contributed by atoms with van der Waals surface area (Å²) in [6, 6.07) is -0.00562. The summed E-state index contributed by atoms with van der Waals surface area (Å²) in [6.45, 7) is 0. The summed E-state index contributed by atoms with van der Waals surface area (Å²) in [6.07, 6.45) is -4.96. The minimum absolute atomic E-state index is 0.00562. The van der Waals surface area contributed by atoms with Gasteiger partial charge in [-0.3, -0.25) is 0 Å². The van der Waals surface area contributed by atoms with Crippen molar-refractivity contribution in [3.05, 3.63) is 0 Å². The van der Waals surface area contributed by atoms with Gasteiger partial charge in [0.2, 0.25) is 0 Å². The van der Waals surface area contributed by atoms with Gasteiger partial charge in [0.15, 0.2) is 9.76 Å². The molecule has 15 heavy (non-hydrogen) atoms. The van der Waals surface area contributed by atoms with E-state index in [2.05, 4.69) is 0 Å². The van der Waals surface area contributed by atoms with Crippen molar-refractivity contribution in [1.82, 2.24) is 0 Å². The van der Waals surface area contributed by atoms with Gasteiger partial charge in [-0.15, -0.1) is 0 Å². The van der Waals surface area contributed by atoms with Gasteiger partial charge in [-0.1, -0.05) is 0 Å². The van der Waals surface area contributed by atoms with Gasteiger partial charge in [-0.05, 0) is 6.04 Å². The van der Waals surface area contributed by atoms with Gasteiger partial charge < -0.3 is 17.4 Å². The second-order valence-electron chi connectivity index (χ2n) is 2.68. The van der Waals surface area contributed by atoms with Crippen molar-refractivity contribution in [2.45, 2.75) is 18.6 Å². The van der Waals surface area contributed by atoms with E-state index in [0.717, 1.165) is 0 Å². The topological polar surface area (TPSA) is 36.9 Å². The molecule has 4 nitrogen and oxygen atoms in total. The molecule has 0 amide bonds. The molecule has 0 aliphatic rings. The number of rotatable bonds is 7. The van der Waals surface area contributed by atoms with E-state index in [-0.39, 0.29) is 6.04 Å².